The predicted octanol–water partition coefficient (Wildman–Crippen LogP) is 3.58. The number of benzene rings is 1. The van der Waals surface area contributed by atoms with E-state index < -0.39 is 5.54 Å². The summed E-state index contributed by atoms with van der Waals surface area (Å²) in [7, 11) is 0. The van der Waals surface area contributed by atoms with Crippen LogP contribution >= 0.6 is 11.6 Å². The standard InChI is InChI=1S/C14H21ClN2O/c1-3-4-5-9-14(2,13(16)18)17-12-8-6-7-11(15)10-12/h6-8,10,17H,3-5,9H2,1-2H3,(H2,16,18). The molecule has 1 rings (SSSR count). The van der Waals surface area contributed by atoms with Crippen LogP contribution in [0, 0.1) is 0 Å². The summed E-state index contributed by atoms with van der Waals surface area (Å²) in [6.07, 6.45) is 3.91. The van der Waals surface area contributed by atoms with Gasteiger partial charge in [0.15, 0.2) is 0 Å². The number of amides is 1. The lowest BCUT2D eigenvalue weighted by atomic mass is 9.93. The smallest absolute Gasteiger partial charge is 0.242 e. The van der Waals surface area contributed by atoms with Crippen molar-refractivity contribution in [3.05, 3.63) is 29.3 Å². The van der Waals surface area contributed by atoms with E-state index in [-0.39, 0.29) is 5.91 Å². The molecule has 0 bridgehead atoms. The molecular weight excluding hydrogens is 248 g/mol. The van der Waals surface area contributed by atoms with Crippen LogP contribution in [-0.4, -0.2) is 11.4 Å². The minimum atomic E-state index is -0.722. The average Bonchev–Trinajstić information content (AvgIpc) is 2.29. The van der Waals surface area contributed by atoms with Crippen LogP contribution in [-0.2, 0) is 4.79 Å². The molecular formula is C14H21ClN2O. The van der Waals surface area contributed by atoms with Crippen molar-refractivity contribution in [3.8, 4) is 0 Å². The molecule has 0 aliphatic heterocycles. The van der Waals surface area contributed by atoms with Crippen LogP contribution in [0.4, 0.5) is 5.69 Å². The minimum absolute atomic E-state index is 0.335. The van der Waals surface area contributed by atoms with Crippen LogP contribution in [0.25, 0.3) is 0 Å². The van der Waals surface area contributed by atoms with Crippen LogP contribution in [0.2, 0.25) is 5.02 Å². The number of anilines is 1. The maximum Gasteiger partial charge on any atom is 0.242 e. The molecule has 4 heteroatoms. The molecule has 3 N–H and O–H groups in total. The fourth-order valence-corrected chi connectivity index (χ4v) is 2.05. The first-order valence-electron chi connectivity index (χ1n) is 6.31. The highest BCUT2D eigenvalue weighted by atomic mass is 35.5. The molecule has 0 aliphatic rings. The Hall–Kier alpha value is -1.22. The first-order chi connectivity index (χ1) is 8.48. The Kier molecular flexibility index (Phi) is 5.48. The molecule has 0 spiro atoms. The minimum Gasteiger partial charge on any atom is -0.371 e. The van der Waals surface area contributed by atoms with Crippen LogP contribution in [0.1, 0.15) is 39.5 Å². The first kappa shape index (κ1) is 14.8. The molecule has 0 saturated carbocycles. The van der Waals surface area contributed by atoms with Gasteiger partial charge in [-0.1, -0.05) is 43.9 Å². The highest BCUT2D eigenvalue weighted by molar-refractivity contribution is 6.30. The van der Waals surface area contributed by atoms with Crippen molar-refractivity contribution in [2.75, 3.05) is 5.32 Å². The normalized spacial score (nSPS) is 13.9. The zero-order chi connectivity index (χ0) is 13.6. The Bertz CT molecular complexity index is 409. The largest absolute Gasteiger partial charge is 0.371 e. The van der Waals surface area contributed by atoms with Crippen molar-refractivity contribution in [2.24, 2.45) is 5.73 Å². The maximum atomic E-state index is 11.6. The van der Waals surface area contributed by atoms with Crippen LogP contribution in [0.15, 0.2) is 24.3 Å². The van der Waals surface area contributed by atoms with Gasteiger partial charge in [-0.3, -0.25) is 4.79 Å². The van der Waals surface area contributed by atoms with Crippen molar-refractivity contribution in [2.45, 2.75) is 45.1 Å². The highest BCUT2D eigenvalue weighted by Gasteiger charge is 2.30. The number of unbranched alkanes of at least 4 members (excludes halogenated alkanes) is 2. The molecule has 0 aromatic heterocycles. The Morgan fingerprint density at radius 1 is 1.44 bits per heavy atom. The van der Waals surface area contributed by atoms with Crippen molar-refractivity contribution in [3.63, 3.8) is 0 Å². The topological polar surface area (TPSA) is 55.1 Å². The lowest BCUT2D eigenvalue weighted by molar-refractivity contribution is -0.122. The van der Waals surface area contributed by atoms with Gasteiger partial charge in [-0.05, 0) is 31.5 Å². The molecule has 0 radical (unpaired) electrons. The van der Waals surface area contributed by atoms with Gasteiger partial charge in [0.05, 0.1) is 0 Å². The molecule has 0 saturated heterocycles. The summed E-state index contributed by atoms with van der Waals surface area (Å²) in [5.74, 6) is -0.335. The number of carbonyl (C=O) groups is 1. The third-order valence-electron chi connectivity index (χ3n) is 3.07. The molecule has 1 aromatic rings. The molecule has 1 atom stereocenters. The van der Waals surface area contributed by atoms with Crippen LogP contribution in [0.5, 0.6) is 0 Å². The lowest BCUT2D eigenvalue weighted by Crippen LogP contribution is -2.47. The first-order valence-corrected chi connectivity index (χ1v) is 6.69. The molecule has 18 heavy (non-hydrogen) atoms. The zero-order valence-corrected chi connectivity index (χ0v) is 11.8. The molecule has 0 fully saturated rings. The average molecular weight is 269 g/mol. The highest BCUT2D eigenvalue weighted by Crippen LogP contribution is 2.23. The molecule has 100 valence electrons. The van der Waals surface area contributed by atoms with E-state index in [2.05, 4.69) is 12.2 Å². The summed E-state index contributed by atoms with van der Waals surface area (Å²) >= 11 is 5.92. The van der Waals surface area contributed by atoms with E-state index in [9.17, 15) is 4.79 Å². The predicted molar refractivity (Wildman–Crippen MR) is 76.8 cm³/mol. The van der Waals surface area contributed by atoms with E-state index in [4.69, 9.17) is 17.3 Å². The summed E-state index contributed by atoms with van der Waals surface area (Å²) < 4.78 is 0. The SMILES string of the molecule is CCCCCC(C)(Nc1cccc(Cl)c1)C(N)=O. The summed E-state index contributed by atoms with van der Waals surface area (Å²) in [4.78, 5) is 11.6. The van der Waals surface area contributed by atoms with Crippen molar-refractivity contribution >= 4 is 23.2 Å². The Morgan fingerprint density at radius 2 is 2.17 bits per heavy atom. The maximum absolute atomic E-state index is 11.6. The number of hydrogen-bond donors (Lipinski definition) is 2. The Labute approximate surface area is 114 Å². The molecule has 0 aliphatic carbocycles. The van der Waals surface area contributed by atoms with Gasteiger partial charge in [0.2, 0.25) is 5.91 Å². The quantitative estimate of drug-likeness (QED) is 0.743. The second kappa shape index (κ2) is 6.64. The van der Waals surface area contributed by atoms with Crippen molar-refractivity contribution in [1.82, 2.24) is 0 Å². The Balaban J connectivity index is 2.76. The van der Waals surface area contributed by atoms with Gasteiger partial charge in [-0.25, -0.2) is 0 Å². The third kappa shape index (κ3) is 4.22. The van der Waals surface area contributed by atoms with Gasteiger partial charge in [0, 0.05) is 10.7 Å². The Morgan fingerprint density at radius 3 is 2.72 bits per heavy atom. The monoisotopic (exact) mass is 268 g/mol. The second-order valence-electron chi connectivity index (χ2n) is 4.79. The number of carbonyl (C=O) groups excluding carboxylic acids is 1. The van der Waals surface area contributed by atoms with E-state index in [0.717, 1.165) is 31.4 Å². The van der Waals surface area contributed by atoms with Gasteiger partial charge in [-0.15, -0.1) is 0 Å². The summed E-state index contributed by atoms with van der Waals surface area (Å²) in [6.45, 7) is 3.97. The van der Waals surface area contributed by atoms with Crippen molar-refractivity contribution in [1.29, 1.82) is 0 Å². The lowest BCUT2D eigenvalue weighted by Gasteiger charge is -2.28. The number of primary amides is 1. The molecule has 0 heterocycles. The van der Waals surface area contributed by atoms with Crippen molar-refractivity contribution < 1.29 is 4.79 Å². The number of hydrogen-bond acceptors (Lipinski definition) is 2. The van der Waals surface area contributed by atoms with Crippen LogP contribution in [0.3, 0.4) is 0 Å². The van der Waals surface area contributed by atoms with Gasteiger partial charge < -0.3 is 11.1 Å². The van der Waals surface area contributed by atoms with E-state index in [1.54, 1.807) is 12.1 Å². The fourth-order valence-electron chi connectivity index (χ4n) is 1.86. The molecule has 1 unspecified atom stereocenters. The molecule has 1 amide bonds. The van der Waals surface area contributed by atoms with Gasteiger partial charge in [-0.2, -0.15) is 0 Å². The van der Waals surface area contributed by atoms with E-state index >= 15 is 0 Å². The molecule has 1 aromatic carbocycles. The van der Waals surface area contributed by atoms with Gasteiger partial charge in [0.1, 0.15) is 5.54 Å². The van der Waals surface area contributed by atoms with E-state index in [1.807, 2.05) is 19.1 Å². The molecule has 3 nitrogen and oxygen atoms in total. The van der Waals surface area contributed by atoms with E-state index in [1.165, 1.54) is 0 Å². The zero-order valence-electron chi connectivity index (χ0n) is 11.0. The van der Waals surface area contributed by atoms with Gasteiger partial charge in [0.25, 0.3) is 0 Å². The third-order valence-corrected chi connectivity index (χ3v) is 3.30. The number of rotatable bonds is 7. The summed E-state index contributed by atoms with van der Waals surface area (Å²) in [6, 6.07) is 7.32. The summed E-state index contributed by atoms with van der Waals surface area (Å²) in [5.41, 5.74) is 5.60. The fraction of sp³-hybridized carbons (Fsp3) is 0.500. The number of nitrogens with one attached hydrogen (secondary N) is 1. The summed E-state index contributed by atoms with van der Waals surface area (Å²) in [5, 5.41) is 3.83. The van der Waals surface area contributed by atoms with E-state index in [0.29, 0.717) is 5.02 Å². The second-order valence-corrected chi connectivity index (χ2v) is 5.23. The van der Waals surface area contributed by atoms with Gasteiger partial charge >= 0.3 is 0 Å². The van der Waals surface area contributed by atoms with Crippen LogP contribution < -0.4 is 11.1 Å². The number of halogens is 1. The number of nitrogens with two attached hydrogens (primary N) is 1.